The minimum absolute atomic E-state index is 0.0122. The molecular formula is C15H16BrNO3S. The van der Waals surface area contributed by atoms with Crippen molar-refractivity contribution in [2.75, 3.05) is 17.5 Å². The van der Waals surface area contributed by atoms with E-state index in [0.717, 1.165) is 0 Å². The van der Waals surface area contributed by atoms with Gasteiger partial charge < -0.3 is 5.11 Å². The Balaban J connectivity index is 2.55. The summed E-state index contributed by atoms with van der Waals surface area (Å²) in [6.07, 6.45) is 0. The van der Waals surface area contributed by atoms with Gasteiger partial charge in [0.05, 0.1) is 23.7 Å². The van der Waals surface area contributed by atoms with E-state index in [2.05, 4.69) is 15.9 Å². The van der Waals surface area contributed by atoms with Gasteiger partial charge in [-0.2, -0.15) is 0 Å². The van der Waals surface area contributed by atoms with E-state index >= 15 is 0 Å². The van der Waals surface area contributed by atoms with Gasteiger partial charge in [0.25, 0.3) is 10.0 Å². The maximum absolute atomic E-state index is 12.9. The summed E-state index contributed by atoms with van der Waals surface area (Å²) in [6.45, 7) is 1.51. The number of aryl methyl sites for hydroxylation is 1. The summed E-state index contributed by atoms with van der Waals surface area (Å²) in [4.78, 5) is 0.231. The molecule has 0 fully saturated rings. The number of sulfonamides is 1. The lowest BCUT2D eigenvalue weighted by atomic mass is 10.2. The number of benzene rings is 2. The molecule has 0 bridgehead atoms. The molecule has 0 unspecified atom stereocenters. The fourth-order valence-electron chi connectivity index (χ4n) is 2.04. The maximum Gasteiger partial charge on any atom is 0.264 e. The van der Waals surface area contributed by atoms with Crippen LogP contribution in [0, 0.1) is 6.92 Å². The van der Waals surface area contributed by atoms with E-state index in [9.17, 15) is 13.5 Å². The first-order valence-electron chi connectivity index (χ1n) is 6.41. The molecule has 6 heteroatoms. The lowest BCUT2D eigenvalue weighted by molar-refractivity contribution is 0.306. The van der Waals surface area contributed by atoms with Crippen LogP contribution in [0.4, 0.5) is 5.69 Å². The highest BCUT2D eigenvalue weighted by molar-refractivity contribution is 9.10. The molecule has 0 spiro atoms. The molecule has 4 nitrogen and oxygen atoms in total. The van der Waals surface area contributed by atoms with E-state index in [0.29, 0.717) is 15.7 Å². The highest BCUT2D eigenvalue weighted by Gasteiger charge is 2.26. The number of halogens is 1. The maximum atomic E-state index is 12.9. The zero-order valence-corrected chi connectivity index (χ0v) is 13.9. The summed E-state index contributed by atoms with van der Waals surface area (Å²) < 4.78 is 27.7. The normalized spacial score (nSPS) is 11.4. The average Bonchev–Trinajstić information content (AvgIpc) is 2.48. The lowest BCUT2D eigenvalue weighted by Gasteiger charge is -2.24. The van der Waals surface area contributed by atoms with Crippen LogP contribution in [-0.4, -0.2) is 26.7 Å². The Morgan fingerprint density at radius 2 is 1.81 bits per heavy atom. The second kappa shape index (κ2) is 6.60. The second-order valence-corrected chi connectivity index (χ2v) is 7.29. The van der Waals surface area contributed by atoms with E-state index in [1.165, 1.54) is 4.31 Å². The predicted octanol–water partition coefficient (Wildman–Crippen LogP) is 2.95. The molecule has 2 aromatic rings. The third kappa shape index (κ3) is 3.45. The third-order valence-corrected chi connectivity index (χ3v) is 5.53. The molecule has 0 aliphatic heterocycles. The highest BCUT2D eigenvalue weighted by Crippen LogP contribution is 2.27. The van der Waals surface area contributed by atoms with Gasteiger partial charge in [-0.3, -0.25) is 4.31 Å². The molecule has 112 valence electrons. The summed E-state index contributed by atoms with van der Waals surface area (Å²) in [5.74, 6) is 0. The van der Waals surface area contributed by atoms with Gasteiger partial charge in [0.1, 0.15) is 0 Å². The molecule has 0 aromatic heterocycles. The third-order valence-electron chi connectivity index (χ3n) is 3.07. The van der Waals surface area contributed by atoms with Gasteiger partial charge in [-0.15, -0.1) is 0 Å². The fourth-order valence-corrected chi connectivity index (χ4v) is 4.27. The van der Waals surface area contributed by atoms with E-state index < -0.39 is 10.0 Å². The van der Waals surface area contributed by atoms with Crippen molar-refractivity contribution in [3.8, 4) is 0 Å². The van der Waals surface area contributed by atoms with Gasteiger partial charge >= 0.3 is 0 Å². The Labute approximate surface area is 133 Å². The SMILES string of the molecule is Cc1ccc(Br)cc1S(=O)(=O)N(CCO)c1ccccc1. The number of para-hydroxylation sites is 1. The van der Waals surface area contributed by atoms with Gasteiger partial charge in [0.15, 0.2) is 0 Å². The summed E-state index contributed by atoms with van der Waals surface area (Å²) >= 11 is 3.30. The van der Waals surface area contributed by atoms with E-state index in [1.807, 2.05) is 6.07 Å². The van der Waals surface area contributed by atoms with E-state index in [4.69, 9.17) is 0 Å². The molecular weight excluding hydrogens is 354 g/mol. The number of rotatable bonds is 5. The standard InChI is InChI=1S/C15H16BrNO3S/c1-12-7-8-13(16)11-15(12)21(19,20)17(9-10-18)14-5-3-2-4-6-14/h2-8,11,18H,9-10H2,1H3. The zero-order valence-electron chi connectivity index (χ0n) is 11.5. The summed E-state index contributed by atoms with van der Waals surface area (Å²) in [5.41, 5.74) is 1.20. The Kier molecular flexibility index (Phi) is 5.03. The molecule has 0 heterocycles. The van der Waals surface area contributed by atoms with Crippen molar-refractivity contribution in [1.29, 1.82) is 0 Å². The minimum Gasteiger partial charge on any atom is -0.394 e. The summed E-state index contributed by atoms with van der Waals surface area (Å²) in [6, 6.07) is 13.9. The largest absolute Gasteiger partial charge is 0.394 e. The second-order valence-electron chi connectivity index (χ2n) is 4.55. The number of nitrogens with zero attached hydrogens (tertiary/aromatic N) is 1. The molecule has 0 aliphatic rings. The van der Waals surface area contributed by atoms with Crippen LogP contribution in [-0.2, 0) is 10.0 Å². The van der Waals surface area contributed by atoms with Crippen molar-refractivity contribution in [2.24, 2.45) is 0 Å². The number of hydrogen-bond donors (Lipinski definition) is 1. The van der Waals surface area contributed by atoms with E-state index in [-0.39, 0.29) is 18.0 Å². The molecule has 0 saturated heterocycles. The summed E-state index contributed by atoms with van der Waals surface area (Å²) in [5, 5.41) is 9.22. The van der Waals surface area contributed by atoms with Crippen LogP contribution < -0.4 is 4.31 Å². The Morgan fingerprint density at radius 1 is 1.14 bits per heavy atom. The predicted molar refractivity (Wildman–Crippen MR) is 86.9 cm³/mol. The van der Waals surface area contributed by atoms with Crippen molar-refractivity contribution < 1.29 is 13.5 Å². The number of hydrogen-bond acceptors (Lipinski definition) is 3. The van der Waals surface area contributed by atoms with Gasteiger partial charge in [0.2, 0.25) is 0 Å². The molecule has 0 radical (unpaired) electrons. The number of anilines is 1. The van der Waals surface area contributed by atoms with Gasteiger partial charge in [-0.05, 0) is 36.8 Å². The van der Waals surface area contributed by atoms with Crippen molar-refractivity contribution in [1.82, 2.24) is 0 Å². The minimum atomic E-state index is -3.73. The highest BCUT2D eigenvalue weighted by atomic mass is 79.9. The molecule has 21 heavy (non-hydrogen) atoms. The van der Waals surface area contributed by atoms with Gasteiger partial charge in [-0.1, -0.05) is 40.2 Å². The molecule has 2 rings (SSSR count). The first kappa shape index (κ1) is 16.0. The molecule has 2 aromatic carbocycles. The Bertz CT molecular complexity index is 717. The fraction of sp³-hybridized carbons (Fsp3) is 0.200. The smallest absolute Gasteiger partial charge is 0.264 e. The van der Waals surface area contributed by atoms with Crippen LogP contribution in [0.25, 0.3) is 0 Å². The molecule has 0 aliphatic carbocycles. The van der Waals surface area contributed by atoms with Crippen LogP contribution >= 0.6 is 15.9 Å². The van der Waals surface area contributed by atoms with Gasteiger partial charge in [-0.25, -0.2) is 8.42 Å². The van der Waals surface area contributed by atoms with Crippen LogP contribution in [0.2, 0.25) is 0 Å². The summed E-state index contributed by atoms with van der Waals surface area (Å²) in [7, 11) is -3.73. The quantitative estimate of drug-likeness (QED) is 0.881. The monoisotopic (exact) mass is 369 g/mol. The molecule has 0 amide bonds. The van der Waals surface area contributed by atoms with Crippen molar-refractivity contribution in [3.63, 3.8) is 0 Å². The Hall–Kier alpha value is -1.37. The first-order valence-corrected chi connectivity index (χ1v) is 8.65. The van der Waals surface area contributed by atoms with Crippen LogP contribution in [0.15, 0.2) is 57.9 Å². The van der Waals surface area contributed by atoms with Crippen molar-refractivity contribution in [2.45, 2.75) is 11.8 Å². The topological polar surface area (TPSA) is 57.6 Å². The van der Waals surface area contributed by atoms with Crippen LogP contribution in [0.5, 0.6) is 0 Å². The van der Waals surface area contributed by atoms with Crippen LogP contribution in [0.3, 0.4) is 0 Å². The Morgan fingerprint density at radius 3 is 2.43 bits per heavy atom. The van der Waals surface area contributed by atoms with Gasteiger partial charge in [0, 0.05) is 4.47 Å². The number of aliphatic hydroxyl groups excluding tert-OH is 1. The first-order chi connectivity index (χ1) is 9.96. The average molecular weight is 370 g/mol. The molecule has 0 saturated carbocycles. The van der Waals surface area contributed by atoms with Crippen LogP contribution in [0.1, 0.15) is 5.56 Å². The lowest BCUT2D eigenvalue weighted by Crippen LogP contribution is -2.34. The van der Waals surface area contributed by atoms with Crippen molar-refractivity contribution in [3.05, 3.63) is 58.6 Å². The van der Waals surface area contributed by atoms with Crippen molar-refractivity contribution >= 4 is 31.6 Å². The number of aliphatic hydroxyl groups is 1. The zero-order chi connectivity index (χ0) is 15.5. The molecule has 0 atom stereocenters. The van der Waals surface area contributed by atoms with E-state index in [1.54, 1.807) is 49.4 Å². The molecule has 1 N–H and O–H groups in total.